The van der Waals surface area contributed by atoms with Gasteiger partial charge in [0.05, 0.1) is 6.54 Å². The molecule has 0 saturated carbocycles. The summed E-state index contributed by atoms with van der Waals surface area (Å²) in [6.45, 7) is 6.69. The van der Waals surface area contributed by atoms with Crippen LogP contribution in [0.25, 0.3) is 0 Å². The maximum atomic E-state index is 13.9. The second kappa shape index (κ2) is 12.4. The van der Waals surface area contributed by atoms with E-state index >= 15 is 0 Å². The summed E-state index contributed by atoms with van der Waals surface area (Å²) in [7, 11) is 1.61. The summed E-state index contributed by atoms with van der Waals surface area (Å²) in [6.07, 6.45) is 0.740. The van der Waals surface area contributed by atoms with Crippen LogP contribution in [-0.4, -0.2) is 86.5 Å². The maximum absolute atomic E-state index is 13.9. The Balaban J connectivity index is 1.89. The number of rotatable bonds is 10. The molecular weight excluding hydrogens is 422 g/mol. The lowest BCUT2D eigenvalue weighted by Crippen LogP contribution is -2.57. The van der Waals surface area contributed by atoms with Crippen molar-refractivity contribution in [1.29, 1.82) is 0 Å². The van der Waals surface area contributed by atoms with E-state index in [-0.39, 0.29) is 24.3 Å². The molecule has 1 unspecified atom stereocenters. The van der Waals surface area contributed by atoms with Gasteiger partial charge in [0.1, 0.15) is 23.2 Å². The van der Waals surface area contributed by atoms with Crippen LogP contribution in [-0.2, 0) is 14.3 Å². The molecule has 0 radical (unpaired) electrons. The van der Waals surface area contributed by atoms with Crippen molar-refractivity contribution < 1.29 is 27.9 Å². The molecule has 8 nitrogen and oxygen atoms in total. The SMILES string of the molecule is COCCCNC(=O)CN1CCN(C(=O)C(NC(=O)c2c(F)cccc2F)C(C)C)CC1. The molecule has 0 aromatic heterocycles. The zero-order chi connectivity index (χ0) is 23.7. The van der Waals surface area contributed by atoms with Crippen molar-refractivity contribution in [3.05, 3.63) is 35.4 Å². The first-order valence-corrected chi connectivity index (χ1v) is 10.8. The molecule has 2 rings (SSSR count). The third kappa shape index (κ3) is 7.23. The van der Waals surface area contributed by atoms with Gasteiger partial charge >= 0.3 is 0 Å². The monoisotopic (exact) mass is 454 g/mol. The van der Waals surface area contributed by atoms with Gasteiger partial charge in [-0.1, -0.05) is 19.9 Å². The molecule has 178 valence electrons. The first-order chi connectivity index (χ1) is 15.2. The first kappa shape index (κ1) is 25.7. The van der Waals surface area contributed by atoms with Crippen LogP contribution in [0.5, 0.6) is 0 Å². The molecule has 1 aromatic carbocycles. The topological polar surface area (TPSA) is 91.0 Å². The first-order valence-electron chi connectivity index (χ1n) is 10.8. The molecule has 32 heavy (non-hydrogen) atoms. The molecule has 10 heteroatoms. The molecule has 1 atom stereocenters. The fraction of sp³-hybridized carbons (Fsp3) is 0.591. The molecule has 0 aliphatic carbocycles. The number of benzene rings is 1. The fourth-order valence-electron chi connectivity index (χ4n) is 3.47. The Labute approximate surface area is 187 Å². The molecule has 0 spiro atoms. The van der Waals surface area contributed by atoms with Crippen molar-refractivity contribution in [3.8, 4) is 0 Å². The predicted molar refractivity (Wildman–Crippen MR) is 115 cm³/mol. The van der Waals surface area contributed by atoms with E-state index in [9.17, 15) is 23.2 Å². The van der Waals surface area contributed by atoms with Gasteiger partial charge in [0.15, 0.2) is 0 Å². The Morgan fingerprint density at radius 1 is 1.09 bits per heavy atom. The van der Waals surface area contributed by atoms with Crippen molar-refractivity contribution in [2.75, 3.05) is 53.0 Å². The molecule has 1 fully saturated rings. The van der Waals surface area contributed by atoms with Crippen molar-refractivity contribution in [2.45, 2.75) is 26.3 Å². The van der Waals surface area contributed by atoms with Crippen LogP contribution < -0.4 is 10.6 Å². The summed E-state index contributed by atoms with van der Waals surface area (Å²) in [5.41, 5.74) is -0.702. The van der Waals surface area contributed by atoms with E-state index in [1.807, 2.05) is 4.90 Å². The summed E-state index contributed by atoms with van der Waals surface area (Å²) < 4.78 is 32.8. The number of carbonyl (C=O) groups is 3. The molecule has 0 bridgehead atoms. The van der Waals surface area contributed by atoms with Gasteiger partial charge in [-0.05, 0) is 24.5 Å². The van der Waals surface area contributed by atoms with Gasteiger partial charge in [0.25, 0.3) is 5.91 Å². The number of halogens is 2. The van der Waals surface area contributed by atoms with Crippen molar-refractivity contribution in [1.82, 2.24) is 20.4 Å². The normalized spacial score (nSPS) is 15.5. The minimum atomic E-state index is -0.980. The lowest BCUT2D eigenvalue weighted by atomic mass is 10.0. The quantitative estimate of drug-likeness (QED) is 0.515. The van der Waals surface area contributed by atoms with E-state index < -0.39 is 29.1 Å². The number of ether oxygens (including phenoxy) is 1. The molecule has 3 amide bonds. The number of amides is 3. The number of nitrogens with zero attached hydrogens (tertiary/aromatic N) is 2. The van der Waals surface area contributed by atoms with Crippen LogP contribution in [0.1, 0.15) is 30.6 Å². The minimum absolute atomic E-state index is 0.0832. The minimum Gasteiger partial charge on any atom is -0.385 e. The smallest absolute Gasteiger partial charge is 0.257 e. The Morgan fingerprint density at radius 3 is 2.28 bits per heavy atom. The Kier molecular flexibility index (Phi) is 9.98. The Morgan fingerprint density at radius 2 is 1.72 bits per heavy atom. The molecule has 1 aliphatic heterocycles. The van der Waals surface area contributed by atoms with Crippen LogP contribution in [0.2, 0.25) is 0 Å². The third-order valence-electron chi connectivity index (χ3n) is 5.31. The van der Waals surface area contributed by atoms with Crippen LogP contribution in [0.15, 0.2) is 18.2 Å². The van der Waals surface area contributed by atoms with E-state index in [4.69, 9.17) is 4.74 Å². The van der Waals surface area contributed by atoms with E-state index in [2.05, 4.69) is 10.6 Å². The van der Waals surface area contributed by atoms with Gasteiger partial charge in [0.2, 0.25) is 11.8 Å². The number of piperazine rings is 1. The predicted octanol–water partition coefficient (Wildman–Crippen LogP) is 1.02. The maximum Gasteiger partial charge on any atom is 0.257 e. The van der Waals surface area contributed by atoms with Crippen molar-refractivity contribution >= 4 is 17.7 Å². The molecule has 2 N–H and O–H groups in total. The van der Waals surface area contributed by atoms with E-state index in [0.717, 1.165) is 18.6 Å². The van der Waals surface area contributed by atoms with Crippen LogP contribution in [0.4, 0.5) is 8.78 Å². The number of hydrogen-bond donors (Lipinski definition) is 2. The van der Waals surface area contributed by atoms with Gasteiger partial charge in [0, 0.05) is 46.4 Å². The van der Waals surface area contributed by atoms with Crippen molar-refractivity contribution in [2.24, 2.45) is 5.92 Å². The van der Waals surface area contributed by atoms with Gasteiger partial charge in [-0.15, -0.1) is 0 Å². The Hall–Kier alpha value is -2.59. The second-order valence-electron chi connectivity index (χ2n) is 8.09. The van der Waals surface area contributed by atoms with Gasteiger partial charge in [-0.3, -0.25) is 19.3 Å². The molecule has 1 aromatic rings. The van der Waals surface area contributed by atoms with Crippen LogP contribution >= 0.6 is 0 Å². The number of nitrogens with one attached hydrogen (secondary N) is 2. The standard InChI is InChI=1S/C22H32F2N4O4/c1-15(2)20(26-21(30)19-16(23)6-4-7-17(19)24)22(31)28-11-9-27(10-12-28)14-18(29)25-8-5-13-32-3/h4,6-7,15,20H,5,8-14H2,1-3H3,(H,25,29)(H,26,30). The number of carbonyl (C=O) groups excluding carboxylic acids is 3. The molecule has 1 aliphatic rings. The summed E-state index contributed by atoms with van der Waals surface area (Å²) in [5, 5.41) is 5.32. The summed E-state index contributed by atoms with van der Waals surface area (Å²) >= 11 is 0. The lowest BCUT2D eigenvalue weighted by Gasteiger charge is -2.37. The van der Waals surface area contributed by atoms with Gasteiger partial charge in [-0.2, -0.15) is 0 Å². The molecule has 1 saturated heterocycles. The molecule has 1 heterocycles. The Bertz CT molecular complexity index is 778. The van der Waals surface area contributed by atoms with E-state index in [0.29, 0.717) is 39.3 Å². The zero-order valence-electron chi connectivity index (χ0n) is 18.8. The van der Waals surface area contributed by atoms with E-state index in [1.54, 1.807) is 25.9 Å². The van der Waals surface area contributed by atoms with Crippen molar-refractivity contribution in [3.63, 3.8) is 0 Å². The second-order valence-corrected chi connectivity index (χ2v) is 8.09. The van der Waals surface area contributed by atoms with E-state index in [1.165, 1.54) is 6.07 Å². The average Bonchev–Trinajstić information content (AvgIpc) is 2.75. The highest BCUT2D eigenvalue weighted by atomic mass is 19.1. The van der Waals surface area contributed by atoms with Gasteiger partial charge in [-0.25, -0.2) is 8.78 Å². The average molecular weight is 455 g/mol. The van der Waals surface area contributed by atoms with Gasteiger partial charge < -0.3 is 20.3 Å². The largest absolute Gasteiger partial charge is 0.385 e. The highest BCUT2D eigenvalue weighted by Crippen LogP contribution is 2.15. The zero-order valence-corrected chi connectivity index (χ0v) is 18.8. The highest BCUT2D eigenvalue weighted by Gasteiger charge is 2.32. The lowest BCUT2D eigenvalue weighted by molar-refractivity contribution is -0.136. The van der Waals surface area contributed by atoms with Crippen LogP contribution in [0, 0.1) is 17.6 Å². The molecular formula is C22H32F2N4O4. The summed E-state index contributed by atoms with van der Waals surface area (Å²) in [6, 6.07) is 2.25. The number of methoxy groups -OCH3 is 1. The fourth-order valence-corrected chi connectivity index (χ4v) is 3.47. The summed E-state index contributed by atoms with van der Waals surface area (Å²) in [4.78, 5) is 41.1. The summed E-state index contributed by atoms with van der Waals surface area (Å²) in [5.74, 6) is -3.60. The van der Waals surface area contributed by atoms with Crippen LogP contribution in [0.3, 0.4) is 0 Å². The highest BCUT2D eigenvalue weighted by molar-refractivity contribution is 5.98. The number of hydrogen-bond acceptors (Lipinski definition) is 5. The third-order valence-corrected chi connectivity index (χ3v) is 5.31.